The number of hydrogen-bond donors (Lipinski definition) is 1. The quantitative estimate of drug-likeness (QED) is 0.854. The van der Waals surface area contributed by atoms with E-state index >= 15 is 0 Å². The molecular formula is C18H18N2O5. The van der Waals surface area contributed by atoms with Crippen molar-refractivity contribution in [3.05, 3.63) is 42.0 Å². The third-order valence-corrected chi connectivity index (χ3v) is 4.52. The topological polar surface area (TPSA) is 83.3 Å². The molecule has 0 unspecified atom stereocenters. The third kappa shape index (κ3) is 2.35. The minimum atomic E-state index is -0.608. The fraction of sp³-hybridized carbons (Fsp3) is 0.278. The Hall–Kier alpha value is -2.93. The molecule has 2 aliphatic heterocycles. The van der Waals surface area contributed by atoms with Crippen LogP contribution in [0.25, 0.3) is 0 Å². The van der Waals surface area contributed by atoms with Gasteiger partial charge >= 0.3 is 0 Å². The van der Waals surface area contributed by atoms with Gasteiger partial charge in [0.05, 0.1) is 20.3 Å². The summed E-state index contributed by atoms with van der Waals surface area (Å²) in [5.74, 6) is 2.37. The SMILES string of the molecule is COc1ccc([C@H]2[C@H](N)C(=O)N2c2ccc3c(c2)OCO3)cc1OC. The van der Waals surface area contributed by atoms with E-state index in [9.17, 15) is 4.79 Å². The van der Waals surface area contributed by atoms with Gasteiger partial charge in [-0.25, -0.2) is 0 Å². The zero-order chi connectivity index (χ0) is 17.6. The van der Waals surface area contributed by atoms with E-state index in [4.69, 9.17) is 24.7 Å². The predicted octanol–water partition coefficient (Wildman–Crippen LogP) is 1.85. The van der Waals surface area contributed by atoms with Crippen molar-refractivity contribution in [2.24, 2.45) is 5.73 Å². The normalized spacial score (nSPS) is 21.1. The molecule has 0 radical (unpaired) electrons. The molecule has 0 aromatic heterocycles. The number of β-lactam (4-membered cyclic amide) rings is 1. The lowest BCUT2D eigenvalue weighted by atomic mass is 9.88. The molecule has 7 heteroatoms. The van der Waals surface area contributed by atoms with Crippen LogP contribution in [-0.2, 0) is 4.79 Å². The number of carbonyl (C=O) groups is 1. The van der Waals surface area contributed by atoms with Crippen LogP contribution >= 0.6 is 0 Å². The first-order chi connectivity index (χ1) is 12.1. The Bertz CT molecular complexity index is 838. The van der Waals surface area contributed by atoms with Crippen LogP contribution in [0.1, 0.15) is 11.6 Å². The Balaban J connectivity index is 1.70. The van der Waals surface area contributed by atoms with Crippen molar-refractivity contribution in [2.45, 2.75) is 12.1 Å². The molecule has 1 fully saturated rings. The maximum Gasteiger partial charge on any atom is 0.247 e. The van der Waals surface area contributed by atoms with Crippen LogP contribution in [0.4, 0.5) is 5.69 Å². The second-order valence-electron chi connectivity index (χ2n) is 5.83. The zero-order valence-electron chi connectivity index (χ0n) is 13.9. The Morgan fingerprint density at radius 3 is 2.56 bits per heavy atom. The second-order valence-corrected chi connectivity index (χ2v) is 5.83. The van der Waals surface area contributed by atoms with E-state index < -0.39 is 6.04 Å². The minimum Gasteiger partial charge on any atom is -0.493 e. The largest absolute Gasteiger partial charge is 0.493 e. The van der Waals surface area contributed by atoms with Crippen LogP contribution in [0.15, 0.2) is 36.4 Å². The van der Waals surface area contributed by atoms with Gasteiger partial charge in [-0.15, -0.1) is 0 Å². The Labute approximate surface area is 144 Å². The van der Waals surface area contributed by atoms with Gasteiger partial charge < -0.3 is 29.6 Å². The van der Waals surface area contributed by atoms with Gasteiger partial charge in [-0.05, 0) is 29.8 Å². The van der Waals surface area contributed by atoms with Crippen LogP contribution in [-0.4, -0.2) is 33.0 Å². The minimum absolute atomic E-state index is 0.140. The predicted molar refractivity (Wildman–Crippen MR) is 90.3 cm³/mol. The zero-order valence-corrected chi connectivity index (χ0v) is 13.9. The number of amides is 1. The summed E-state index contributed by atoms with van der Waals surface area (Å²) in [5, 5.41) is 0. The molecule has 2 atom stereocenters. The fourth-order valence-corrected chi connectivity index (χ4v) is 3.23. The Kier molecular flexibility index (Phi) is 3.65. The van der Waals surface area contributed by atoms with Gasteiger partial charge in [0.25, 0.3) is 0 Å². The molecule has 1 saturated heterocycles. The summed E-state index contributed by atoms with van der Waals surface area (Å²) in [7, 11) is 3.15. The molecule has 2 aliphatic rings. The number of carbonyl (C=O) groups excluding carboxylic acids is 1. The fourth-order valence-electron chi connectivity index (χ4n) is 3.23. The number of fused-ring (bicyclic) bond motifs is 1. The lowest BCUT2D eigenvalue weighted by molar-refractivity contribution is -0.126. The second kappa shape index (κ2) is 5.86. The highest BCUT2D eigenvalue weighted by Gasteiger charge is 2.47. The molecule has 1 amide bonds. The molecule has 2 heterocycles. The molecule has 4 rings (SSSR count). The highest BCUT2D eigenvalue weighted by molar-refractivity contribution is 6.05. The first kappa shape index (κ1) is 15.6. The van der Waals surface area contributed by atoms with Crippen LogP contribution in [0, 0.1) is 0 Å². The van der Waals surface area contributed by atoms with Gasteiger partial charge in [0, 0.05) is 11.8 Å². The molecule has 2 aromatic carbocycles. The highest BCUT2D eigenvalue weighted by Crippen LogP contribution is 2.44. The van der Waals surface area contributed by atoms with Crippen molar-refractivity contribution in [1.29, 1.82) is 0 Å². The van der Waals surface area contributed by atoms with Crippen molar-refractivity contribution in [1.82, 2.24) is 0 Å². The van der Waals surface area contributed by atoms with Crippen molar-refractivity contribution in [2.75, 3.05) is 25.9 Å². The first-order valence-electron chi connectivity index (χ1n) is 7.84. The smallest absolute Gasteiger partial charge is 0.247 e. The average molecular weight is 342 g/mol. The number of methoxy groups -OCH3 is 2. The van der Waals surface area contributed by atoms with Gasteiger partial charge in [-0.1, -0.05) is 6.07 Å². The maximum absolute atomic E-state index is 12.4. The lowest BCUT2D eigenvalue weighted by Gasteiger charge is -2.45. The van der Waals surface area contributed by atoms with Crippen molar-refractivity contribution in [3.8, 4) is 23.0 Å². The van der Waals surface area contributed by atoms with Gasteiger partial charge in [0.2, 0.25) is 12.7 Å². The van der Waals surface area contributed by atoms with E-state index in [2.05, 4.69) is 0 Å². The van der Waals surface area contributed by atoms with Gasteiger partial charge in [-0.3, -0.25) is 4.79 Å². The molecule has 0 bridgehead atoms. The lowest BCUT2D eigenvalue weighted by Crippen LogP contribution is -2.63. The highest BCUT2D eigenvalue weighted by atomic mass is 16.7. The number of ether oxygens (including phenoxy) is 4. The summed E-state index contributed by atoms with van der Waals surface area (Å²) in [6.45, 7) is 0.186. The van der Waals surface area contributed by atoms with E-state index in [0.717, 1.165) is 11.3 Å². The van der Waals surface area contributed by atoms with E-state index in [-0.39, 0.29) is 18.7 Å². The summed E-state index contributed by atoms with van der Waals surface area (Å²) in [5.41, 5.74) is 7.68. The first-order valence-corrected chi connectivity index (χ1v) is 7.84. The Morgan fingerprint density at radius 2 is 1.80 bits per heavy atom. The number of anilines is 1. The number of benzene rings is 2. The Morgan fingerprint density at radius 1 is 1.04 bits per heavy atom. The summed E-state index contributed by atoms with van der Waals surface area (Å²) in [6, 6.07) is 10.1. The van der Waals surface area contributed by atoms with Crippen molar-refractivity contribution < 1.29 is 23.7 Å². The summed E-state index contributed by atoms with van der Waals surface area (Å²) >= 11 is 0. The number of nitrogens with zero attached hydrogens (tertiary/aromatic N) is 1. The molecule has 0 aliphatic carbocycles. The van der Waals surface area contributed by atoms with Crippen LogP contribution in [0.3, 0.4) is 0 Å². The molecular weight excluding hydrogens is 324 g/mol. The van der Waals surface area contributed by atoms with Gasteiger partial charge in [0.15, 0.2) is 23.0 Å². The van der Waals surface area contributed by atoms with E-state index in [1.165, 1.54) is 0 Å². The molecule has 2 N–H and O–H groups in total. The van der Waals surface area contributed by atoms with E-state index in [1.54, 1.807) is 31.3 Å². The van der Waals surface area contributed by atoms with Gasteiger partial charge in [-0.2, -0.15) is 0 Å². The summed E-state index contributed by atoms with van der Waals surface area (Å²) < 4.78 is 21.3. The maximum atomic E-state index is 12.4. The van der Waals surface area contributed by atoms with Crippen LogP contribution < -0.4 is 29.6 Å². The standard InChI is InChI=1S/C18H18N2O5/c1-22-12-5-3-10(7-14(12)23-2)17-16(19)18(21)20(17)11-4-6-13-15(8-11)25-9-24-13/h3-8,16-17H,9,19H2,1-2H3/t16-,17-/m0/s1. The molecule has 0 saturated carbocycles. The molecule has 130 valence electrons. The number of rotatable bonds is 4. The molecule has 25 heavy (non-hydrogen) atoms. The van der Waals surface area contributed by atoms with Crippen LogP contribution in [0.2, 0.25) is 0 Å². The van der Waals surface area contributed by atoms with Gasteiger partial charge in [0.1, 0.15) is 6.04 Å². The monoisotopic (exact) mass is 342 g/mol. The number of hydrogen-bond acceptors (Lipinski definition) is 6. The number of nitrogens with two attached hydrogens (primary N) is 1. The van der Waals surface area contributed by atoms with E-state index in [0.29, 0.717) is 23.0 Å². The van der Waals surface area contributed by atoms with Crippen molar-refractivity contribution >= 4 is 11.6 Å². The third-order valence-electron chi connectivity index (χ3n) is 4.52. The van der Waals surface area contributed by atoms with Crippen molar-refractivity contribution in [3.63, 3.8) is 0 Å². The summed E-state index contributed by atoms with van der Waals surface area (Å²) in [4.78, 5) is 14.1. The van der Waals surface area contributed by atoms with E-state index in [1.807, 2.05) is 24.3 Å². The average Bonchev–Trinajstić information content (AvgIpc) is 3.12. The molecule has 7 nitrogen and oxygen atoms in total. The molecule has 2 aromatic rings. The van der Waals surface area contributed by atoms with Crippen LogP contribution in [0.5, 0.6) is 23.0 Å². The molecule has 0 spiro atoms. The summed E-state index contributed by atoms with van der Waals surface area (Å²) in [6.07, 6.45) is 0.